The molecule has 0 saturated carbocycles. The molecule has 0 unspecified atom stereocenters. The first kappa shape index (κ1) is 11.2. The minimum Gasteiger partial charge on any atom is -0.316 e. The van der Waals surface area contributed by atoms with Crippen molar-refractivity contribution in [3.8, 4) is 0 Å². The van der Waals surface area contributed by atoms with Gasteiger partial charge in [-0.2, -0.15) is 0 Å². The normalized spacial score (nSPS) is 10.4. The SMILES string of the molecule is CCCNCCc1ccc(CC)cn1. The highest BCUT2D eigenvalue weighted by atomic mass is 14.8. The highest BCUT2D eigenvalue weighted by Gasteiger charge is 1.94. The van der Waals surface area contributed by atoms with Crippen LogP contribution in [0.5, 0.6) is 0 Å². The van der Waals surface area contributed by atoms with Crippen molar-refractivity contribution in [2.24, 2.45) is 0 Å². The maximum Gasteiger partial charge on any atom is 0.0416 e. The zero-order chi connectivity index (χ0) is 10.2. The van der Waals surface area contributed by atoms with Crippen LogP contribution in [0.25, 0.3) is 0 Å². The van der Waals surface area contributed by atoms with Crippen molar-refractivity contribution in [1.82, 2.24) is 10.3 Å². The predicted molar refractivity (Wildman–Crippen MR) is 60.5 cm³/mol. The van der Waals surface area contributed by atoms with Crippen molar-refractivity contribution in [3.63, 3.8) is 0 Å². The second-order valence-electron chi connectivity index (χ2n) is 3.51. The van der Waals surface area contributed by atoms with E-state index < -0.39 is 0 Å². The molecule has 1 aromatic rings. The van der Waals surface area contributed by atoms with Crippen molar-refractivity contribution < 1.29 is 0 Å². The van der Waals surface area contributed by atoms with Gasteiger partial charge in [0.1, 0.15) is 0 Å². The average Bonchev–Trinajstić information content (AvgIpc) is 2.25. The Labute approximate surface area is 86.8 Å². The minimum atomic E-state index is 1.03. The quantitative estimate of drug-likeness (QED) is 0.699. The van der Waals surface area contributed by atoms with Crippen LogP contribution in [-0.4, -0.2) is 18.1 Å². The van der Waals surface area contributed by atoms with Gasteiger partial charge in [-0.25, -0.2) is 0 Å². The molecule has 0 radical (unpaired) electrons. The fraction of sp³-hybridized carbons (Fsp3) is 0.583. The Hall–Kier alpha value is -0.890. The summed E-state index contributed by atoms with van der Waals surface area (Å²) in [5.74, 6) is 0. The van der Waals surface area contributed by atoms with E-state index in [1.807, 2.05) is 6.20 Å². The predicted octanol–water partition coefficient (Wildman–Crippen LogP) is 2.19. The summed E-state index contributed by atoms with van der Waals surface area (Å²) in [5, 5.41) is 3.37. The van der Waals surface area contributed by atoms with Gasteiger partial charge in [0.15, 0.2) is 0 Å². The molecule has 0 atom stereocenters. The third-order valence-corrected chi connectivity index (χ3v) is 2.28. The fourth-order valence-corrected chi connectivity index (χ4v) is 1.33. The van der Waals surface area contributed by atoms with Crippen molar-refractivity contribution in [3.05, 3.63) is 29.6 Å². The Bertz CT molecular complexity index is 241. The number of aryl methyl sites for hydroxylation is 1. The smallest absolute Gasteiger partial charge is 0.0416 e. The van der Waals surface area contributed by atoms with Crippen LogP contribution < -0.4 is 5.32 Å². The second-order valence-corrected chi connectivity index (χ2v) is 3.51. The first-order valence-electron chi connectivity index (χ1n) is 5.51. The van der Waals surface area contributed by atoms with E-state index in [0.717, 1.165) is 25.9 Å². The lowest BCUT2D eigenvalue weighted by atomic mass is 10.2. The topological polar surface area (TPSA) is 24.9 Å². The molecule has 1 rings (SSSR count). The maximum absolute atomic E-state index is 4.41. The number of rotatable bonds is 6. The van der Waals surface area contributed by atoms with Crippen LogP contribution in [0, 0.1) is 0 Å². The van der Waals surface area contributed by atoms with Gasteiger partial charge in [0.25, 0.3) is 0 Å². The standard InChI is InChI=1S/C12H20N2/c1-3-8-13-9-7-12-6-5-11(4-2)10-14-12/h5-6,10,13H,3-4,7-9H2,1-2H3. The summed E-state index contributed by atoms with van der Waals surface area (Å²) in [6.45, 7) is 6.47. The van der Waals surface area contributed by atoms with E-state index >= 15 is 0 Å². The number of nitrogens with one attached hydrogen (secondary N) is 1. The van der Waals surface area contributed by atoms with E-state index in [2.05, 4.69) is 36.3 Å². The fourth-order valence-electron chi connectivity index (χ4n) is 1.33. The molecule has 1 aromatic heterocycles. The highest BCUT2D eigenvalue weighted by Crippen LogP contribution is 2.01. The largest absolute Gasteiger partial charge is 0.316 e. The van der Waals surface area contributed by atoms with Crippen LogP contribution in [0.1, 0.15) is 31.5 Å². The van der Waals surface area contributed by atoms with E-state index in [9.17, 15) is 0 Å². The number of pyridine rings is 1. The Balaban J connectivity index is 2.29. The van der Waals surface area contributed by atoms with Crippen molar-refractivity contribution in [2.75, 3.05) is 13.1 Å². The first-order valence-corrected chi connectivity index (χ1v) is 5.51. The third-order valence-electron chi connectivity index (χ3n) is 2.28. The van der Waals surface area contributed by atoms with Gasteiger partial charge >= 0.3 is 0 Å². The van der Waals surface area contributed by atoms with Crippen LogP contribution in [0.15, 0.2) is 18.3 Å². The van der Waals surface area contributed by atoms with E-state index in [-0.39, 0.29) is 0 Å². The summed E-state index contributed by atoms with van der Waals surface area (Å²) in [5.41, 5.74) is 2.50. The molecule has 14 heavy (non-hydrogen) atoms. The van der Waals surface area contributed by atoms with Gasteiger partial charge in [-0.3, -0.25) is 4.98 Å². The van der Waals surface area contributed by atoms with Crippen LogP contribution in [0.3, 0.4) is 0 Å². The summed E-state index contributed by atoms with van der Waals surface area (Å²) < 4.78 is 0. The number of hydrogen-bond acceptors (Lipinski definition) is 2. The zero-order valence-electron chi connectivity index (χ0n) is 9.21. The van der Waals surface area contributed by atoms with E-state index in [1.54, 1.807) is 0 Å². The van der Waals surface area contributed by atoms with Gasteiger partial charge in [0, 0.05) is 24.9 Å². The molecule has 78 valence electrons. The lowest BCUT2D eigenvalue weighted by Crippen LogP contribution is -2.18. The van der Waals surface area contributed by atoms with E-state index in [4.69, 9.17) is 0 Å². The van der Waals surface area contributed by atoms with E-state index in [0.29, 0.717) is 0 Å². The average molecular weight is 192 g/mol. The van der Waals surface area contributed by atoms with Gasteiger partial charge in [-0.1, -0.05) is 19.9 Å². The summed E-state index contributed by atoms with van der Waals surface area (Å²) in [4.78, 5) is 4.41. The van der Waals surface area contributed by atoms with Gasteiger partial charge in [-0.05, 0) is 31.0 Å². The summed E-state index contributed by atoms with van der Waals surface area (Å²) >= 11 is 0. The van der Waals surface area contributed by atoms with Gasteiger partial charge in [0.05, 0.1) is 0 Å². The van der Waals surface area contributed by atoms with Crippen LogP contribution in [0.2, 0.25) is 0 Å². The first-order chi connectivity index (χ1) is 6.86. The Morgan fingerprint density at radius 1 is 1.21 bits per heavy atom. The van der Waals surface area contributed by atoms with E-state index in [1.165, 1.54) is 17.7 Å². The number of aromatic nitrogens is 1. The molecule has 0 fully saturated rings. The zero-order valence-corrected chi connectivity index (χ0v) is 9.21. The van der Waals surface area contributed by atoms with Crippen molar-refractivity contribution in [1.29, 1.82) is 0 Å². The molecule has 1 heterocycles. The lowest BCUT2D eigenvalue weighted by molar-refractivity contribution is 0.665. The maximum atomic E-state index is 4.41. The molecule has 0 aromatic carbocycles. The van der Waals surface area contributed by atoms with Crippen molar-refractivity contribution in [2.45, 2.75) is 33.1 Å². The molecular weight excluding hydrogens is 172 g/mol. The van der Waals surface area contributed by atoms with Crippen LogP contribution in [0.4, 0.5) is 0 Å². The molecule has 0 aliphatic carbocycles. The molecule has 0 spiro atoms. The molecule has 2 nitrogen and oxygen atoms in total. The Morgan fingerprint density at radius 3 is 2.64 bits per heavy atom. The molecular formula is C12H20N2. The van der Waals surface area contributed by atoms with Gasteiger partial charge in [0.2, 0.25) is 0 Å². The molecule has 0 amide bonds. The monoisotopic (exact) mass is 192 g/mol. The van der Waals surface area contributed by atoms with Crippen LogP contribution >= 0.6 is 0 Å². The minimum absolute atomic E-state index is 1.03. The highest BCUT2D eigenvalue weighted by molar-refractivity contribution is 5.13. The summed E-state index contributed by atoms with van der Waals surface area (Å²) in [7, 11) is 0. The molecule has 2 heteroatoms. The number of nitrogens with zero attached hydrogens (tertiary/aromatic N) is 1. The lowest BCUT2D eigenvalue weighted by Gasteiger charge is -2.03. The second kappa shape index (κ2) is 6.55. The van der Waals surface area contributed by atoms with Gasteiger partial charge < -0.3 is 5.32 Å². The van der Waals surface area contributed by atoms with Crippen molar-refractivity contribution >= 4 is 0 Å². The molecule has 0 aliphatic rings. The number of hydrogen-bond donors (Lipinski definition) is 1. The molecule has 0 saturated heterocycles. The molecule has 1 N–H and O–H groups in total. The Morgan fingerprint density at radius 2 is 2.07 bits per heavy atom. The van der Waals surface area contributed by atoms with Crippen LogP contribution in [-0.2, 0) is 12.8 Å². The summed E-state index contributed by atoms with van der Waals surface area (Å²) in [6.07, 6.45) is 5.28. The third kappa shape index (κ3) is 3.88. The molecule has 0 bridgehead atoms. The summed E-state index contributed by atoms with van der Waals surface area (Å²) in [6, 6.07) is 4.30. The molecule has 0 aliphatic heterocycles. The Kier molecular flexibility index (Phi) is 5.23. The van der Waals surface area contributed by atoms with Gasteiger partial charge in [-0.15, -0.1) is 0 Å².